The number of sulfonamides is 1. The fraction of sp³-hybridized carbons (Fsp3) is 0.400. The third-order valence-corrected chi connectivity index (χ3v) is 7.79. The smallest absolute Gasteiger partial charge is 0.252 e. The van der Waals surface area contributed by atoms with Crippen LogP contribution >= 0.6 is 22.9 Å². The van der Waals surface area contributed by atoms with Crippen LogP contribution in [0, 0.1) is 0 Å². The molecule has 0 unspecified atom stereocenters. The van der Waals surface area contributed by atoms with Crippen LogP contribution in [0.1, 0.15) is 24.3 Å². The lowest BCUT2D eigenvalue weighted by Gasteiger charge is -2.31. The highest BCUT2D eigenvalue weighted by Gasteiger charge is 2.31. The monoisotopic (exact) mass is 372 g/mol. The molecule has 2 aromatic rings. The van der Waals surface area contributed by atoms with Crippen LogP contribution in [0.4, 0.5) is 0 Å². The average Bonchev–Trinajstić information content (AvgIpc) is 2.97. The molecular weight excluding hydrogens is 356 g/mol. The number of nitrogens with zero attached hydrogens (tertiary/aromatic N) is 2. The Bertz CT molecular complexity index is 865. The molecule has 0 amide bonds. The van der Waals surface area contributed by atoms with Gasteiger partial charge < -0.3 is 4.57 Å². The Balaban J connectivity index is 1.73. The Hall–Kier alpha value is -1.15. The summed E-state index contributed by atoms with van der Waals surface area (Å²) in [5, 5.41) is 0. The second-order valence-corrected chi connectivity index (χ2v) is 9.53. The number of pyridine rings is 1. The van der Waals surface area contributed by atoms with Crippen LogP contribution in [0.2, 0.25) is 4.34 Å². The van der Waals surface area contributed by atoms with Crippen LogP contribution in [-0.2, 0) is 17.1 Å². The first-order chi connectivity index (χ1) is 10.9. The Labute approximate surface area is 144 Å². The lowest BCUT2D eigenvalue weighted by atomic mass is 9.91. The molecular formula is C15H17ClN2O3S2. The molecule has 0 aromatic carbocycles. The van der Waals surface area contributed by atoms with E-state index in [9.17, 15) is 13.2 Å². The first-order valence-electron chi connectivity index (χ1n) is 7.30. The summed E-state index contributed by atoms with van der Waals surface area (Å²) in [4.78, 5) is 11.7. The van der Waals surface area contributed by atoms with Crippen LogP contribution in [0.15, 0.2) is 39.5 Å². The molecule has 0 saturated carbocycles. The second-order valence-electron chi connectivity index (χ2n) is 5.65. The molecule has 1 saturated heterocycles. The van der Waals surface area contributed by atoms with Crippen molar-refractivity contribution in [1.29, 1.82) is 0 Å². The second kappa shape index (κ2) is 6.39. The van der Waals surface area contributed by atoms with Crippen molar-refractivity contribution in [3.05, 3.63) is 50.7 Å². The van der Waals surface area contributed by atoms with Gasteiger partial charge in [-0.25, -0.2) is 8.42 Å². The molecule has 23 heavy (non-hydrogen) atoms. The van der Waals surface area contributed by atoms with Gasteiger partial charge in [0, 0.05) is 32.4 Å². The summed E-state index contributed by atoms with van der Waals surface area (Å²) in [6.45, 7) is 0.912. The number of thiophene rings is 1. The Kier molecular flexibility index (Phi) is 4.64. The molecule has 3 rings (SSSR count). The van der Waals surface area contributed by atoms with Gasteiger partial charge in [0.1, 0.15) is 4.21 Å². The van der Waals surface area contributed by atoms with Crippen molar-refractivity contribution in [3.8, 4) is 0 Å². The molecule has 0 aliphatic carbocycles. The summed E-state index contributed by atoms with van der Waals surface area (Å²) in [5.74, 6) is 0.224. The first kappa shape index (κ1) is 16.7. The van der Waals surface area contributed by atoms with Gasteiger partial charge in [0.15, 0.2) is 0 Å². The van der Waals surface area contributed by atoms with Crippen molar-refractivity contribution >= 4 is 33.0 Å². The molecule has 2 aromatic heterocycles. The van der Waals surface area contributed by atoms with Gasteiger partial charge in [0.05, 0.1) is 4.34 Å². The van der Waals surface area contributed by atoms with E-state index < -0.39 is 10.0 Å². The molecule has 8 heteroatoms. The van der Waals surface area contributed by atoms with Gasteiger partial charge in [-0.15, -0.1) is 11.3 Å². The molecule has 124 valence electrons. The van der Waals surface area contributed by atoms with Crippen LogP contribution in [0.25, 0.3) is 0 Å². The van der Waals surface area contributed by atoms with Gasteiger partial charge >= 0.3 is 0 Å². The molecule has 5 nitrogen and oxygen atoms in total. The number of halogens is 1. The normalized spacial score (nSPS) is 17.5. The Morgan fingerprint density at radius 3 is 2.48 bits per heavy atom. The van der Waals surface area contributed by atoms with Crippen molar-refractivity contribution in [2.45, 2.75) is 23.0 Å². The van der Waals surface area contributed by atoms with E-state index in [2.05, 4.69) is 0 Å². The van der Waals surface area contributed by atoms with E-state index in [1.54, 1.807) is 31.4 Å². The van der Waals surface area contributed by atoms with Crippen LogP contribution < -0.4 is 5.56 Å². The highest BCUT2D eigenvalue weighted by molar-refractivity contribution is 7.91. The van der Waals surface area contributed by atoms with Crippen LogP contribution in [0.3, 0.4) is 0 Å². The molecule has 3 heterocycles. The average molecular weight is 373 g/mol. The molecule has 0 atom stereocenters. The van der Waals surface area contributed by atoms with Crippen LogP contribution in [0.5, 0.6) is 0 Å². The SMILES string of the molecule is Cn1ccc(C2CCN(S(=O)(=O)c3ccc(Cl)s3)CC2)cc1=O. The van der Waals surface area contributed by atoms with Crippen molar-refractivity contribution in [2.75, 3.05) is 13.1 Å². The molecule has 1 fully saturated rings. The van der Waals surface area contributed by atoms with Gasteiger partial charge in [-0.1, -0.05) is 11.6 Å². The molecule has 0 spiro atoms. The minimum Gasteiger partial charge on any atom is -0.319 e. The minimum atomic E-state index is -3.46. The van der Waals surface area contributed by atoms with E-state index >= 15 is 0 Å². The van der Waals surface area contributed by atoms with Crippen molar-refractivity contribution in [1.82, 2.24) is 8.87 Å². The predicted octanol–water partition coefficient (Wildman–Crippen LogP) is 2.67. The standard InChI is InChI=1S/C15H17ClN2O3S2/c1-17-7-4-12(10-14(17)19)11-5-8-18(9-6-11)23(20,21)15-3-2-13(16)22-15/h2-4,7,10-11H,5-6,8-9H2,1H3. The van der Waals surface area contributed by atoms with Crippen molar-refractivity contribution in [3.63, 3.8) is 0 Å². The zero-order chi connectivity index (χ0) is 16.6. The van der Waals surface area contributed by atoms with Crippen LogP contribution in [-0.4, -0.2) is 30.4 Å². The predicted molar refractivity (Wildman–Crippen MR) is 91.7 cm³/mol. The molecule has 1 aliphatic rings. The molecule has 0 N–H and O–H groups in total. The summed E-state index contributed by atoms with van der Waals surface area (Å²) in [5.41, 5.74) is 0.954. The third kappa shape index (κ3) is 3.38. The van der Waals surface area contributed by atoms with E-state index in [1.165, 1.54) is 8.87 Å². The number of piperidine rings is 1. The van der Waals surface area contributed by atoms with Gasteiger partial charge in [-0.2, -0.15) is 4.31 Å². The number of hydrogen-bond acceptors (Lipinski definition) is 4. The fourth-order valence-corrected chi connectivity index (χ4v) is 5.92. The maximum Gasteiger partial charge on any atom is 0.252 e. The maximum atomic E-state index is 12.6. The number of hydrogen-bond donors (Lipinski definition) is 0. The van der Waals surface area contributed by atoms with Gasteiger partial charge in [0.2, 0.25) is 0 Å². The summed E-state index contributed by atoms with van der Waals surface area (Å²) in [6.07, 6.45) is 3.19. The molecule has 0 radical (unpaired) electrons. The third-order valence-electron chi connectivity index (χ3n) is 4.20. The van der Waals surface area contributed by atoms with E-state index in [0.29, 0.717) is 30.3 Å². The zero-order valence-corrected chi connectivity index (χ0v) is 15.0. The summed E-state index contributed by atoms with van der Waals surface area (Å²) >= 11 is 6.92. The van der Waals surface area contributed by atoms with E-state index in [1.807, 2.05) is 6.07 Å². The highest BCUT2D eigenvalue weighted by atomic mass is 35.5. The minimum absolute atomic E-state index is 0.0363. The largest absolute Gasteiger partial charge is 0.319 e. The first-order valence-corrected chi connectivity index (χ1v) is 9.93. The Morgan fingerprint density at radius 2 is 1.91 bits per heavy atom. The number of rotatable bonds is 3. The topological polar surface area (TPSA) is 59.4 Å². The maximum absolute atomic E-state index is 12.6. The van der Waals surface area contributed by atoms with Gasteiger partial charge in [-0.3, -0.25) is 4.79 Å². The highest BCUT2D eigenvalue weighted by Crippen LogP contribution is 2.33. The summed E-state index contributed by atoms with van der Waals surface area (Å²) in [6, 6.07) is 6.74. The van der Waals surface area contributed by atoms with Crippen molar-refractivity contribution < 1.29 is 8.42 Å². The lowest BCUT2D eigenvalue weighted by molar-refractivity contribution is 0.320. The Morgan fingerprint density at radius 1 is 1.22 bits per heavy atom. The van der Waals surface area contributed by atoms with Gasteiger partial charge in [-0.05, 0) is 42.5 Å². The molecule has 1 aliphatic heterocycles. The van der Waals surface area contributed by atoms with Gasteiger partial charge in [0.25, 0.3) is 15.6 Å². The summed E-state index contributed by atoms with van der Waals surface area (Å²) in [7, 11) is -1.74. The number of aromatic nitrogens is 1. The zero-order valence-electron chi connectivity index (χ0n) is 12.6. The van der Waals surface area contributed by atoms with E-state index in [4.69, 9.17) is 11.6 Å². The fourth-order valence-electron chi connectivity index (χ4n) is 2.81. The quantitative estimate of drug-likeness (QED) is 0.832. The van der Waals surface area contributed by atoms with E-state index in [-0.39, 0.29) is 15.7 Å². The van der Waals surface area contributed by atoms with E-state index in [0.717, 1.165) is 16.9 Å². The van der Waals surface area contributed by atoms with Crippen molar-refractivity contribution in [2.24, 2.45) is 7.05 Å². The lowest BCUT2D eigenvalue weighted by Crippen LogP contribution is -2.37. The number of aryl methyl sites for hydroxylation is 1. The molecule has 0 bridgehead atoms. The summed E-state index contributed by atoms with van der Waals surface area (Å²) < 4.78 is 28.9.